The molecule has 1 unspecified atom stereocenters. The normalized spacial score (nSPS) is 13.6. The van der Waals surface area contributed by atoms with Crippen molar-refractivity contribution in [3.05, 3.63) is 41.1 Å². The van der Waals surface area contributed by atoms with Gasteiger partial charge in [0.1, 0.15) is 0 Å². The average molecular weight is 218 g/mol. The highest BCUT2D eigenvalue weighted by Crippen LogP contribution is 2.28. The molecule has 4 N–H and O–H groups in total. The summed E-state index contributed by atoms with van der Waals surface area (Å²) in [5, 5.41) is 0. The fraction of sp³-hybridized carbons (Fsp3) is 0.429. The predicted octanol–water partition coefficient (Wildman–Crippen LogP) is 3.15. The van der Waals surface area contributed by atoms with E-state index >= 15 is 0 Å². The summed E-state index contributed by atoms with van der Waals surface area (Å²) in [6, 6.07) is 6.40. The predicted molar refractivity (Wildman–Crippen MR) is 71.0 cm³/mol. The van der Waals surface area contributed by atoms with Gasteiger partial charge in [0.05, 0.1) is 0 Å². The molecule has 88 valence electrons. The third-order valence-electron chi connectivity index (χ3n) is 2.90. The van der Waals surface area contributed by atoms with Crippen LogP contribution < -0.4 is 11.5 Å². The molecular formula is C14H22N2. The van der Waals surface area contributed by atoms with Crippen molar-refractivity contribution in [1.29, 1.82) is 0 Å². The minimum atomic E-state index is 0.0879. The zero-order valence-corrected chi connectivity index (χ0v) is 10.4. The number of benzene rings is 1. The smallest absolute Gasteiger partial charge is 0.0298 e. The Morgan fingerprint density at radius 1 is 1.25 bits per heavy atom. The first-order valence-electron chi connectivity index (χ1n) is 5.88. The largest absolute Gasteiger partial charge is 0.405 e. The highest BCUT2D eigenvalue weighted by atomic mass is 14.6. The number of hydrogen-bond acceptors (Lipinski definition) is 2. The van der Waals surface area contributed by atoms with Crippen molar-refractivity contribution in [3.8, 4) is 0 Å². The van der Waals surface area contributed by atoms with Crippen LogP contribution >= 0.6 is 0 Å². The van der Waals surface area contributed by atoms with Crippen molar-refractivity contribution in [3.63, 3.8) is 0 Å². The topological polar surface area (TPSA) is 52.0 Å². The lowest BCUT2D eigenvalue weighted by molar-refractivity contribution is 0.693. The van der Waals surface area contributed by atoms with Crippen LogP contribution in [0.3, 0.4) is 0 Å². The van der Waals surface area contributed by atoms with Gasteiger partial charge in [-0.15, -0.1) is 0 Å². The van der Waals surface area contributed by atoms with Crippen LogP contribution in [-0.2, 0) is 0 Å². The maximum atomic E-state index is 6.12. The molecule has 2 heteroatoms. The van der Waals surface area contributed by atoms with E-state index in [9.17, 15) is 0 Å². The first kappa shape index (κ1) is 12.8. The molecule has 0 saturated heterocycles. The van der Waals surface area contributed by atoms with Gasteiger partial charge in [0.15, 0.2) is 0 Å². The van der Waals surface area contributed by atoms with E-state index in [-0.39, 0.29) is 6.04 Å². The van der Waals surface area contributed by atoms with Crippen LogP contribution in [0.5, 0.6) is 0 Å². The molecule has 0 amide bonds. The Balaban J connectivity index is 3.32. The van der Waals surface area contributed by atoms with Crippen LogP contribution in [0.2, 0.25) is 0 Å². The molecule has 1 rings (SSSR count). The van der Waals surface area contributed by atoms with E-state index in [2.05, 4.69) is 39.0 Å². The van der Waals surface area contributed by atoms with Gasteiger partial charge in [-0.3, -0.25) is 0 Å². The molecule has 0 aliphatic heterocycles. The van der Waals surface area contributed by atoms with Gasteiger partial charge in [-0.25, -0.2) is 0 Å². The Kier molecular flexibility index (Phi) is 4.56. The summed E-state index contributed by atoms with van der Waals surface area (Å²) in [6.45, 7) is 6.47. The molecular weight excluding hydrogens is 196 g/mol. The molecule has 0 spiro atoms. The van der Waals surface area contributed by atoms with Gasteiger partial charge in [-0.2, -0.15) is 0 Å². The lowest BCUT2D eigenvalue weighted by Crippen LogP contribution is -2.11. The second-order valence-corrected chi connectivity index (χ2v) is 4.38. The Labute approximate surface area is 98.3 Å². The summed E-state index contributed by atoms with van der Waals surface area (Å²) < 4.78 is 0. The van der Waals surface area contributed by atoms with E-state index in [1.165, 1.54) is 16.7 Å². The molecule has 0 fully saturated rings. The quantitative estimate of drug-likeness (QED) is 0.815. The standard InChI is InChI=1S/C14H22N2/c1-4-14(16)13-7-5-6-11(10(2)3)12(13)8-9-15/h5-10,14H,4,15-16H2,1-3H3/b9-8-. The van der Waals surface area contributed by atoms with Crippen LogP contribution in [0.1, 0.15) is 55.8 Å². The zero-order chi connectivity index (χ0) is 12.1. The minimum absolute atomic E-state index is 0.0879. The average Bonchev–Trinajstić information content (AvgIpc) is 2.28. The molecule has 0 aliphatic rings. The summed E-state index contributed by atoms with van der Waals surface area (Å²) in [5.74, 6) is 0.482. The third-order valence-corrected chi connectivity index (χ3v) is 2.90. The van der Waals surface area contributed by atoms with E-state index in [4.69, 9.17) is 11.5 Å². The van der Waals surface area contributed by atoms with Crippen molar-refractivity contribution in [2.24, 2.45) is 11.5 Å². The molecule has 0 radical (unpaired) electrons. The van der Waals surface area contributed by atoms with Crippen molar-refractivity contribution >= 4 is 6.08 Å². The summed E-state index contributed by atoms with van der Waals surface area (Å²) in [7, 11) is 0. The number of nitrogens with two attached hydrogens (primary N) is 2. The van der Waals surface area contributed by atoms with Crippen molar-refractivity contribution in [2.75, 3.05) is 0 Å². The molecule has 0 aliphatic carbocycles. The van der Waals surface area contributed by atoms with Crippen molar-refractivity contribution in [2.45, 2.75) is 39.2 Å². The number of rotatable bonds is 4. The molecule has 16 heavy (non-hydrogen) atoms. The van der Waals surface area contributed by atoms with Crippen LogP contribution in [0.4, 0.5) is 0 Å². The summed E-state index contributed by atoms with van der Waals surface area (Å²) >= 11 is 0. The fourth-order valence-electron chi connectivity index (χ4n) is 1.94. The molecule has 2 nitrogen and oxygen atoms in total. The molecule has 0 saturated carbocycles. The number of hydrogen-bond donors (Lipinski definition) is 2. The monoisotopic (exact) mass is 218 g/mol. The summed E-state index contributed by atoms with van der Waals surface area (Å²) in [5.41, 5.74) is 15.3. The van der Waals surface area contributed by atoms with Gasteiger partial charge < -0.3 is 11.5 Å². The van der Waals surface area contributed by atoms with Gasteiger partial charge >= 0.3 is 0 Å². The summed E-state index contributed by atoms with van der Waals surface area (Å²) in [6.07, 6.45) is 4.49. The van der Waals surface area contributed by atoms with E-state index in [0.29, 0.717) is 5.92 Å². The van der Waals surface area contributed by atoms with E-state index in [1.54, 1.807) is 6.20 Å². The SMILES string of the molecule is CCC(N)c1cccc(C(C)C)c1/C=C\N. The molecule has 1 aromatic carbocycles. The van der Waals surface area contributed by atoms with Crippen molar-refractivity contribution in [1.82, 2.24) is 0 Å². The molecule has 0 aromatic heterocycles. The second-order valence-electron chi connectivity index (χ2n) is 4.38. The van der Waals surface area contributed by atoms with E-state index in [0.717, 1.165) is 6.42 Å². The summed E-state index contributed by atoms with van der Waals surface area (Å²) in [4.78, 5) is 0. The van der Waals surface area contributed by atoms with Gasteiger partial charge in [0, 0.05) is 6.04 Å². The lowest BCUT2D eigenvalue weighted by Gasteiger charge is -2.18. The Morgan fingerprint density at radius 2 is 1.88 bits per heavy atom. The minimum Gasteiger partial charge on any atom is -0.405 e. The highest BCUT2D eigenvalue weighted by Gasteiger charge is 2.12. The van der Waals surface area contributed by atoms with E-state index in [1.807, 2.05) is 6.08 Å². The Bertz CT molecular complexity index is 367. The van der Waals surface area contributed by atoms with E-state index < -0.39 is 0 Å². The van der Waals surface area contributed by atoms with Gasteiger partial charge in [-0.1, -0.05) is 39.0 Å². The van der Waals surface area contributed by atoms with Crippen LogP contribution in [0, 0.1) is 0 Å². The van der Waals surface area contributed by atoms with Crippen LogP contribution in [-0.4, -0.2) is 0 Å². The molecule has 0 bridgehead atoms. The second kappa shape index (κ2) is 5.71. The lowest BCUT2D eigenvalue weighted by atomic mass is 9.90. The Morgan fingerprint density at radius 3 is 2.38 bits per heavy atom. The van der Waals surface area contributed by atoms with Gasteiger partial charge in [-0.05, 0) is 41.3 Å². The van der Waals surface area contributed by atoms with Gasteiger partial charge in [0.2, 0.25) is 0 Å². The highest BCUT2D eigenvalue weighted by molar-refractivity contribution is 5.59. The fourth-order valence-corrected chi connectivity index (χ4v) is 1.94. The Hall–Kier alpha value is -1.28. The van der Waals surface area contributed by atoms with Crippen molar-refractivity contribution < 1.29 is 0 Å². The zero-order valence-electron chi connectivity index (χ0n) is 10.4. The third kappa shape index (κ3) is 2.64. The first-order chi connectivity index (χ1) is 7.61. The maximum Gasteiger partial charge on any atom is 0.0298 e. The van der Waals surface area contributed by atoms with Crippen LogP contribution in [0.15, 0.2) is 24.4 Å². The first-order valence-corrected chi connectivity index (χ1v) is 5.88. The molecule has 1 atom stereocenters. The van der Waals surface area contributed by atoms with Crippen LogP contribution in [0.25, 0.3) is 6.08 Å². The maximum absolute atomic E-state index is 6.12. The van der Waals surface area contributed by atoms with Gasteiger partial charge in [0.25, 0.3) is 0 Å². The molecule has 1 aromatic rings. The molecule has 0 heterocycles.